The smallest absolute Gasteiger partial charge is 0.312 e. The summed E-state index contributed by atoms with van der Waals surface area (Å²) in [5.74, 6) is -1.03. The molecule has 0 amide bonds. The Hall–Kier alpha value is -0.830. The van der Waals surface area contributed by atoms with Gasteiger partial charge in [-0.25, -0.2) is 0 Å². The average Bonchev–Trinajstić information content (AvgIpc) is 2.00. The Kier molecular flexibility index (Phi) is 3.89. The van der Waals surface area contributed by atoms with Crippen LogP contribution < -0.4 is 0 Å². The van der Waals surface area contributed by atoms with Gasteiger partial charge in [-0.3, -0.25) is 4.79 Å². The van der Waals surface area contributed by atoms with E-state index >= 15 is 0 Å². The van der Waals surface area contributed by atoms with Gasteiger partial charge in [0.25, 0.3) is 0 Å². The first-order valence-corrected chi connectivity index (χ1v) is 4.69. The Morgan fingerprint density at radius 2 is 1.86 bits per heavy atom. The standard InChI is InChI=1S/C11H20O3/c1-7-11(6,13)8(2)9(12)14-10(3,4)5/h7-8,13H,1H2,2-6H3. The van der Waals surface area contributed by atoms with Gasteiger partial charge in [0.15, 0.2) is 0 Å². The van der Waals surface area contributed by atoms with Gasteiger partial charge >= 0.3 is 5.97 Å². The van der Waals surface area contributed by atoms with Crippen LogP contribution in [0.3, 0.4) is 0 Å². The maximum absolute atomic E-state index is 11.5. The Balaban J connectivity index is 4.49. The number of carbonyl (C=O) groups excluding carboxylic acids is 1. The number of ether oxygens (including phenoxy) is 1. The molecule has 14 heavy (non-hydrogen) atoms. The first-order valence-electron chi connectivity index (χ1n) is 4.69. The van der Waals surface area contributed by atoms with Gasteiger partial charge in [-0.05, 0) is 34.6 Å². The van der Waals surface area contributed by atoms with Crippen molar-refractivity contribution in [3.63, 3.8) is 0 Å². The zero-order valence-corrected chi connectivity index (χ0v) is 9.63. The second kappa shape index (κ2) is 4.13. The fourth-order valence-electron chi connectivity index (χ4n) is 0.806. The molecule has 0 aromatic heterocycles. The Labute approximate surface area is 85.8 Å². The highest BCUT2D eigenvalue weighted by atomic mass is 16.6. The van der Waals surface area contributed by atoms with Gasteiger partial charge < -0.3 is 9.84 Å². The molecule has 0 aliphatic heterocycles. The zero-order valence-electron chi connectivity index (χ0n) is 9.63. The molecule has 0 aromatic carbocycles. The van der Waals surface area contributed by atoms with Crippen molar-refractivity contribution in [1.29, 1.82) is 0 Å². The third-order valence-electron chi connectivity index (χ3n) is 2.05. The maximum atomic E-state index is 11.5. The average molecular weight is 200 g/mol. The molecule has 0 aliphatic carbocycles. The molecular weight excluding hydrogens is 180 g/mol. The van der Waals surface area contributed by atoms with Crippen LogP contribution in [0, 0.1) is 5.92 Å². The lowest BCUT2D eigenvalue weighted by molar-refractivity contribution is -0.165. The number of aliphatic hydroxyl groups is 1. The molecule has 0 radical (unpaired) electrons. The van der Waals surface area contributed by atoms with Gasteiger partial charge in [-0.1, -0.05) is 6.08 Å². The Morgan fingerprint density at radius 3 is 2.14 bits per heavy atom. The van der Waals surface area contributed by atoms with Crippen LogP contribution in [-0.4, -0.2) is 22.3 Å². The highest BCUT2D eigenvalue weighted by Gasteiger charge is 2.33. The quantitative estimate of drug-likeness (QED) is 0.559. The lowest BCUT2D eigenvalue weighted by Crippen LogP contribution is -2.39. The van der Waals surface area contributed by atoms with Gasteiger partial charge in [0.05, 0.1) is 11.5 Å². The van der Waals surface area contributed by atoms with Crippen LogP contribution in [0.5, 0.6) is 0 Å². The van der Waals surface area contributed by atoms with Crippen molar-refractivity contribution in [2.75, 3.05) is 0 Å². The summed E-state index contributed by atoms with van der Waals surface area (Å²) >= 11 is 0. The van der Waals surface area contributed by atoms with Gasteiger partial charge in [0.1, 0.15) is 5.60 Å². The second-order valence-electron chi connectivity index (χ2n) is 4.69. The van der Waals surface area contributed by atoms with E-state index in [0.29, 0.717) is 0 Å². The molecule has 2 unspecified atom stereocenters. The monoisotopic (exact) mass is 200 g/mol. The van der Waals surface area contributed by atoms with E-state index in [1.165, 1.54) is 13.0 Å². The Bertz CT molecular complexity index is 223. The Morgan fingerprint density at radius 1 is 1.43 bits per heavy atom. The third kappa shape index (κ3) is 3.92. The summed E-state index contributed by atoms with van der Waals surface area (Å²) in [6, 6.07) is 0. The van der Waals surface area contributed by atoms with Gasteiger partial charge in [0, 0.05) is 0 Å². The minimum atomic E-state index is -1.22. The molecule has 2 atom stereocenters. The summed E-state index contributed by atoms with van der Waals surface area (Å²) in [4.78, 5) is 11.5. The van der Waals surface area contributed by atoms with Crippen LogP contribution in [0.15, 0.2) is 12.7 Å². The normalized spacial score (nSPS) is 18.1. The van der Waals surface area contributed by atoms with Gasteiger partial charge in [-0.15, -0.1) is 6.58 Å². The van der Waals surface area contributed by atoms with Crippen LogP contribution >= 0.6 is 0 Å². The van der Waals surface area contributed by atoms with E-state index in [1.807, 2.05) is 0 Å². The molecule has 0 aliphatic rings. The summed E-state index contributed by atoms with van der Waals surface area (Å²) in [6.45, 7) is 12.0. The minimum Gasteiger partial charge on any atom is -0.460 e. The van der Waals surface area contributed by atoms with Crippen LogP contribution in [-0.2, 0) is 9.53 Å². The lowest BCUT2D eigenvalue weighted by atomic mass is 9.91. The van der Waals surface area contributed by atoms with Crippen molar-refractivity contribution in [2.24, 2.45) is 5.92 Å². The van der Waals surface area contributed by atoms with Gasteiger partial charge in [-0.2, -0.15) is 0 Å². The molecule has 0 spiro atoms. The predicted octanol–water partition coefficient (Wildman–Crippen LogP) is 1.90. The summed E-state index contributed by atoms with van der Waals surface area (Å²) in [5.41, 5.74) is -1.75. The number of rotatable bonds is 3. The van der Waals surface area contributed by atoms with Crippen LogP contribution in [0.2, 0.25) is 0 Å². The van der Waals surface area contributed by atoms with E-state index in [2.05, 4.69) is 6.58 Å². The fourth-order valence-corrected chi connectivity index (χ4v) is 0.806. The van der Waals surface area contributed by atoms with E-state index in [0.717, 1.165) is 0 Å². The number of carbonyl (C=O) groups is 1. The molecule has 0 rings (SSSR count). The fraction of sp³-hybridized carbons (Fsp3) is 0.727. The number of esters is 1. The molecule has 82 valence electrons. The summed E-state index contributed by atoms with van der Waals surface area (Å²) in [5, 5.41) is 9.74. The molecule has 3 heteroatoms. The van der Waals surface area contributed by atoms with Crippen molar-refractivity contribution in [3.8, 4) is 0 Å². The van der Waals surface area contributed by atoms with Crippen molar-refractivity contribution < 1.29 is 14.6 Å². The van der Waals surface area contributed by atoms with Crippen molar-refractivity contribution in [2.45, 2.75) is 45.8 Å². The van der Waals surface area contributed by atoms with Crippen molar-refractivity contribution in [3.05, 3.63) is 12.7 Å². The topological polar surface area (TPSA) is 46.5 Å². The third-order valence-corrected chi connectivity index (χ3v) is 2.05. The molecule has 3 nitrogen and oxygen atoms in total. The van der Waals surface area contributed by atoms with E-state index in [4.69, 9.17) is 4.74 Å². The lowest BCUT2D eigenvalue weighted by Gasteiger charge is -2.28. The van der Waals surface area contributed by atoms with Crippen LogP contribution in [0.4, 0.5) is 0 Å². The molecule has 0 heterocycles. The summed E-state index contributed by atoms with van der Waals surface area (Å²) < 4.78 is 5.14. The summed E-state index contributed by atoms with van der Waals surface area (Å²) in [7, 11) is 0. The predicted molar refractivity (Wildman–Crippen MR) is 55.8 cm³/mol. The highest BCUT2D eigenvalue weighted by Crippen LogP contribution is 2.21. The molecule has 0 saturated heterocycles. The molecule has 0 fully saturated rings. The molecule has 0 bridgehead atoms. The van der Waals surface area contributed by atoms with Crippen LogP contribution in [0.1, 0.15) is 34.6 Å². The van der Waals surface area contributed by atoms with E-state index < -0.39 is 23.1 Å². The minimum absolute atomic E-state index is 0.414. The second-order valence-corrected chi connectivity index (χ2v) is 4.69. The molecule has 1 N–H and O–H groups in total. The molecular formula is C11H20O3. The molecule has 0 aromatic rings. The highest BCUT2D eigenvalue weighted by molar-refractivity contribution is 5.74. The maximum Gasteiger partial charge on any atom is 0.312 e. The number of hydrogen-bond donors (Lipinski definition) is 1. The first kappa shape index (κ1) is 13.2. The SMILES string of the molecule is C=CC(C)(O)C(C)C(=O)OC(C)(C)C. The van der Waals surface area contributed by atoms with Crippen molar-refractivity contribution in [1.82, 2.24) is 0 Å². The van der Waals surface area contributed by atoms with Crippen LogP contribution in [0.25, 0.3) is 0 Å². The van der Waals surface area contributed by atoms with E-state index in [-0.39, 0.29) is 0 Å². The first-order chi connectivity index (χ1) is 6.10. The van der Waals surface area contributed by atoms with E-state index in [1.54, 1.807) is 27.7 Å². The zero-order chi connectivity index (χ0) is 11.6. The van der Waals surface area contributed by atoms with Crippen molar-refractivity contribution >= 4 is 5.97 Å². The largest absolute Gasteiger partial charge is 0.460 e. The summed E-state index contributed by atoms with van der Waals surface area (Å²) in [6.07, 6.45) is 1.35. The molecule has 0 saturated carbocycles. The van der Waals surface area contributed by atoms with E-state index in [9.17, 15) is 9.90 Å². The number of hydrogen-bond acceptors (Lipinski definition) is 3. The van der Waals surface area contributed by atoms with Gasteiger partial charge in [0.2, 0.25) is 0 Å².